The molecule has 0 saturated heterocycles. The van der Waals surface area contributed by atoms with Crippen molar-refractivity contribution in [2.75, 3.05) is 31.3 Å². The number of unbranched alkanes of at least 4 members (excludes halogenated alkanes) is 1. The summed E-state index contributed by atoms with van der Waals surface area (Å²) in [6, 6.07) is 6.25. The summed E-state index contributed by atoms with van der Waals surface area (Å²) in [6.07, 6.45) is 6.90. The Bertz CT molecular complexity index is 1240. The number of methoxy groups -OCH3 is 1. The van der Waals surface area contributed by atoms with Gasteiger partial charge in [0.25, 0.3) is 0 Å². The fraction of sp³-hybridized carbons (Fsp3) is 0.556. The number of hydrogen-bond donors (Lipinski definition) is 3. The van der Waals surface area contributed by atoms with E-state index >= 15 is 0 Å². The first-order valence-electron chi connectivity index (χ1n) is 13.1. The molecule has 10 heteroatoms. The van der Waals surface area contributed by atoms with Gasteiger partial charge in [0.15, 0.2) is 5.82 Å². The molecule has 0 atom stereocenters. The molecule has 2 aromatic heterocycles. The third-order valence-corrected chi connectivity index (χ3v) is 7.10. The Kier molecular flexibility index (Phi) is 8.16. The van der Waals surface area contributed by atoms with Gasteiger partial charge in [-0.1, -0.05) is 25.5 Å². The van der Waals surface area contributed by atoms with Crippen LogP contribution in [0.25, 0.3) is 11.0 Å². The van der Waals surface area contributed by atoms with E-state index in [1.165, 1.54) is 0 Å². The molecule has 0 radical (unpaired) electrons. The van der Waals surface area contributed by atoms with Crippen LogP contribution in [0.3, 0.4) is 0 Å². The molecule has 0 spiro atoms. The predicted octanol–water partition coefficient (Wildman–Crippen LogP) is 3.58. The van der Waals surface area contributed by atoms with E-state index in [0.29, 0.717) is 24.4 Å². The van der Waals surface area contributed by atoms with Gasteiger partial charge >= 0.3 is 0 Å². The van der Waals surface area contributed by atoms with Crippen LogP contribution in [-0.2, 0) is 17.9 Å². The zero-order valence-electron chi connectivity index (χ0n) is 22.3. The van der Waals surface area contributed by atoms with Crippen molar-refractivity contribution in [1.82, 2.24) is 24.6 Å². The molecule has 2 heterocycles. The molecule has 4 N–H and O–H groups in total. The number of nitrogens with zero attached hydrogens (tertiary/aromatic N) is 5. The molecule has 4 rings (SSSR count). The maximum absolute atomic E-state index is 13.2. The van der Waals surface area contributed by atoms with Crippen molar-refractivity contribution in [2.24, 2.45) is 5.41 Å². The summed E-state index contributed by atoms with van der Waals surface area (Å²) >= 11 is 0. The fourth-order valence-electron chi connectivity index (χ4n) is 4.54. The van der Waals surface area contributed by atoms with Gasteiger partial charge in [-0.25, -0.2) is 4.98 Å². The largest absolute Gasteiger partial charge is 0.496 e. The number of nitrogen functional groups attached to an aromatic ring is 1. The van der Waals surface area contributed by atoms with Crippen molar-refractivity contribution in [3.8, 4) is 5.75 Å². The monoisotopic (exact) mass is 509 g/mol. The fourth-order valence-corrected chi connectivity index (χ4v) is 4.54. The molecule has 0 unspecified atom stereocenters. The average molecular weight is 510 g/mol. The zero-order chi connectivity index (χ0) is 26.6. The van der Waals surface area contributed by atoms with Crippen molar-refractivity contribution in [1.29, 1.82) is 0 Å². The molecule has 10 nitrogen and oxygen atoms in total. The lowest BCUT2D eigenvalue weighted by Gasteiger charge is -2.41. The summed E-state index contributed by atoms with van der Waals surface area (Å²) in [7, 11) is 1.65. The highest BCUT2D eigenvalue weighted by atomic mass is 16.5. The van der Waals surface area contributed by atoms with Crippen molar-refractivity contribution in [3.05, 3.63) is 35.5 Å². The van der Waals surface area contributed by atoms with Crippen molar-refractivity contribution in [2.45, 2.75) is 72.0 Å². The SMILES string of the molecule is CCCCNc1nc(N)nc2cnn(Cc3ccc(CN(C(=O)C(C)(C)CO)C4CCC4)cc3OC)c12. The number of aliphatic hydroxyl groups is 1. The predicted molar refractivity (Wildman–Crippen MR) is 144 cm³/mol. The average Bonchev–Trinajstić information content (AvgIpc) is 3.25. The van der Waals surface area contributed by atoms with Crippen LogP contribution in [0.15, 0.2) is 24.4 Å². The number of benzene rings is 1. The quantitative estimate of drug-likeness (QED) is 0.316. The van der Waals surface area contributed by atoms with E-state index < -0.39 is 5.41 Å². The van der Waals surface area contributed by atoms with Crippen LogP contribution in [0.4, 0.5) is 11.8 Å². The number of nitrogens with one attached hydrogen (secondary N) is 1. The lowest BCUT2D eigenvalue weighted by atomic mass is 9.86. The van der Waals surface area contributed by atoms with Crippen LogP contribution < -0.4 is 15.8 Å². The molecule has 1 aromatic carbocycles. The molecule has 200 valence electrons. The summed E-state index contributed by atoms with van der Waals surface area (Å²) in [6.45, 7) is 7.27. The molecule has 0 bridgehead atoms. The minimum absolute atomic E-state index is 0.0203. The molecular weight excluding hydrogens is 470 g/mol. The minimum Gasteiger partial charge on any atom is -0.496 e. The number of carbonyl (C=O) groups excluding carboxylic acids is 1. The molecule has 1 amide bonds. The second-order valence-electron chi connectivity index (χ2n) is 10.5. The van der Waals surface area contributed by atoms with E-state index in [4.69, 9.17) is 10.5 Å². The molecular formula is C27H39N7O3. The second kappa shape index (κ2) is 11.3. The summed E-state index contributed by atoms with van der Waals surface area (Å²) in [5.74, 6) is 1.58. The van der Waals surface area contributed by atoms with Crippen LogP contribution in [0.1, 0.15) is 64.0 Å². The third kappa shape index (κ3) is 5.79. The number of nitrogens with two attached hydrogens (primary N) is 1. The number of rotatable bonds is 12. The molecule has 1 aliphatic rings. The lowest BCUT2D eigenvalue weighted by Crippen LogP contribution is -2.50. The first kappa shape index (κ1) is 26.7. The number of hydrogen-bond acceptors (Lipinski definition) is 8. The van der Waals surface area contributed by atoms with Gasteiger partial charge in [0.05, 0.1) is 31.9 Å². The Hall–Kier alpha value is -3.40. The molecule has 1 fully saturated rings. The van der Waals surface area contributed by atoms with E-state index in [-0.39, 0.29) is 24.5 Å². The Labute approximate surface area is 218 Å². The van der Waals surface area contributed by atoms with Gasteiger partial charge in [-0.3, -0.25) is 9.48 Å². The molecule has 1 aliphatic carbocycles. The van der Waals surface area contributed by atoms with Gasteiger partial charge in [-0.15, -0.1) is 0 Å². The van der Waals surface area contributed by atoms with Crippen molar-refractivity contribution >= 4 is 28.7 Å². The van der Waals surface area contributed by atoms with E-state index in [0.717, 1.165) is 61.0 Å². The number of amides is 1. The first-order chi connectivity index (χ1) is 17.8. The van der Waals surface area contributed by atoms with Gasteiger partial charge < -0.3 is 25.8 Å². The second-order valence-corrected chi connectivity index (χ2v) is 10.5. The number of anilines is 2. The Morgan fingerprint density at radius 3 is 2.76 bits per heavy atom. The Morgan fingerprint density at radius 2 is 2.11 bits per heavy atom. The maximum Gasteiger partial charge on any atom is 0.231 e. The van der Waals surface area contributed by atoms with E-state index in [1.54, 1.807) is 27.2 Å². The van der Waals surface area contributed by atoms with Gasteiger partial charge in [0.1, 0.15) is 16.8 Å². The van der Waals surface area contributed by atoms with Crippen molar-refractivity contribution in [3.63, 3.8) is 0 Å². The summed E-state index contributed by atoms with van der Waals surface area (Å²) < 4.78 is 7.61. The summed E-state index contributed by atoms with van der Waals surface area (Å²) in [4.78, 5) is 23.9. The van der Waals surface area contributed by atoms with E-state index in [1.807, 2.05) is 27.8 Å². The third-order valence-electron chi connectivity index (χ3n) is 7.10. The van der Waals surface area contributed by atoms with Gasteiger partial charge in [-0.2, -0.15) is 10.1 Å². The topological polar surface area (TPSA) is 131 Å². The van der Waals surface area contributed by atoms with Crippen LogP contribution in [0.5, 0.6) is 5.75 Å². The number of fused-ring (bicyclic) bond motifs is 1. The van der Waals surface area contributed by atoms with Crippen molar-refractivity contribution < 1.29 is 14.6 Å². The Balaban J connectivity index is 1.59. The normalized spacial score (nSPS) is 14.0. The van der Waals surface area contributed by atoms with Gasteiger partial charge in [-0.05, 0) is 51.2 Å². The first-order valence-corrected chi connectivity index (χ1v) is 13.1. The van der Waals surface area contributed by atoms with Crippen LogP contribution in [-0.4, -0.2) is 62.0 Å². The van der Waals surface area contributed by atoms with Crippen LogP contribution >= 0.6 is 0 Å². The standard InChI is InChI=1S/C27H39N7O3/c1-5-6-12-29-24-23-21(31-26(28)32-24)14-30-34(23)16-19-11-10-18(13-22(19)37-4)15-33(20-8-7-9-20)25(36)27(2,3)17-35/h10-11,13-14,20,35H,5-9,12,15-17H2,1-4H3,(H3,28,29,31,32). The zero-order valence-corrected chi connectivity index (χ0v) is 22.3. The minimum atomic E-state index is -0.810. The molecule has 3 aromatic rings. The van der Waals surface area contributed by atoms with Crippen LogP contribution in [0, 0.1) is 5.41 Å². The van der Waals surface area contributed by atoms with E-state index in [2.05, 4.69) is 27.3 Å². The summed E-state index contributed by atoms with van der Waals surface area (Å²) in [5.41, 5.74) is 8.53. The number of ether oxygens (including phenoxy) is 1. The Morgan fingerprint density at radius 1 is 1.32 bits per heavy atom. The molecule has 0 aliphatic heterocycles. The van der Waals surface area contributed by atoms with Crippen LogP contribution in [0.2, 0.25) is 0 Å². The van der Waals surface area contributed by atoms with Gasteiger partial charge in [0.2, 0.25) is 11.9 Å². The van der Waals surface area contributed by atoms with E-state index in [9.17, 15) is 9.90 Å². The highest BCUT2D eigenvalue weighted by Crippen LogP contribution is 2.32. The molecule has 1 saturated carbocycles. The van der Waals surface area contributed by atoms with Gasteiger partial charge in [0, 0.05) is 24.7 Å². The lowest BCUT2D eigenvalue weighted by molar-refractivity contribution is -0.147. The smallest absolute Gasteiger partial charge is 0.231 e. The maximum atomic E-state index is 13.2. The highest BCUT2D eigenvalue weighted by molar-refractivity contribution is 5.86. The number of aromatic nitrogens is 4. The summed E-state index contributed by atoms with van der Waals surface area (Å²) in [5, 5.41) is 17.7. The highest BCUT2D eigenvalue weighted by Gasteiger charge is 2.37. The molecule has 37 heavy (non-hydrogen) atoms. The number of aliphatic hydroxyl groups excluding tert-OH is 1. The number of carbonyl (C=O) groups is 1.